The summed E-state index contributed by atoms with van der Waals surface area (Å²) >= 11 is 0. The van der Waals surface area contributed by atoms with Crippen molar-refractivity contribution in [1.82, 2.24) is 5.32 Å². The molecule has 1 atom stereocenters. The average Bonchev–Trinajstić information content (AvgIpc) is 2.21. The fraction of sp³-hybridized carbons (Fsp3) is 0.733. The Labute approximate surface area is 102 Å². The van der Waals surface area contributed by atoms with E-state index in [9.17, 15) is 0 Å². The summed E-state index contributed by atoms with van der Waals surface area (Å²) in [6, 6.07) is 0.580. The van der Waals surface area contributed by atoms with E-state index in [-0.39, 0.29) is 0 Å². The van der Waals surface area contributed by atoms with Crippen LogP contribution in [0, 0.1) is 11.8 Å². The third-order valence-corrected chi connectivity index (χ3v) is 3.00. The predicted molar refractivity (Wildman–Crippen MR) is 74.7 cm³/mol. The third-order valence-electron chi connectivity index (χ3n) is 3.00. The maximum atomic E-state index is 3.45. The van der Waals surface area contributed by atoms with Gasteiger partial charge in [0.25, 0.3) is 0 Å². The van der Waals surface area contributed by atoms with Crippen LogP contribution in [0.1, 0.15) is 48.0 Å². The molecule has 94 valence electrons. The van der Waals surface area contributed by atoms with E-state index in [4.69, 9.17) is 0 Å². The quantitative estimate of drug-likeness (QED) is 0.639. The van der Waals surface area contributed by atoms with Gasteiger partial charge in [-0.25, -0.2) is 0 Å². The molecular weight excluding hydrogens is 194 g/mol. The van der Waals surface area contributed by atoms with Gasteiger partial charge in [-0.15, -0.1) is 0 Å². The van der Waals surface area contributed by atoms with Crippen molar-refractivity contribution in [2.24, 2.45) is 11.8 Å². The van der Waals surface area contributed by atoms with Crippen molar-refractivity contribution in [3.63, 3.8) is 0 Å². The molecule has 1 N–H and O–H groups in total. The Morgan fingerprint density at radius 3 is 2.19 bits per heavy atom. The van der Waals surface area contributed by atoms with Crippen molar-refractivity contribution < 1.29 is 0 Å². The maximum Gasteiger partial charge on any atom is 0.00105 e. The lowest BCUT2D eigenvalue weighted by Gasteiger charge is -2.11. The summed E-state index contributed by atoms with van der Waals surface area (Å²) in [6.45, 7) is 14.4. The minimum atomic E-state index is 0.580. The van der Waals surface area contributed by atoms with E-state index in [1.165, 1.54) is 5.57 Å². The fourth-order valence-corrected chi connectivity index (χ4v) is 1.33. The zero-order valence-corrected chi connectivity index (χ0v) is 11.9. The number of nitrogens with one attached hydrogen (secondary N) is 1. The second-order valence-corrected chi connectivity index (χ2v) is 5.18. The first kappa shape index (κ1) is 15.4. The van der Waals surface area contributed by atoms with Crippen LogP contribution in [0.5, 0.6) is 0 Å². The Morgan fingerprint density at radius 1 is 1.12 bits per heavy atom. The molecule has 0 spiro atoms. The van der Waals surface area contributed by atoms with Crippen molar-refractivity contribution in [3.8, 4) is 0 Å². The first-order valence-corrected chi connectivity index (χ1v) is 6.54. The van der Waals surface area contributed by atoms with Crippen LogP contribution >= 0.6 is 0 Å². The van der Waals surface area contributed by atoms with Crippen LogP contribution in [0.3, 0.4) is 0 Å². The van der Waals surface area contributed by atoms with E-state index >= 15 is 0 Å². The monoisotopic (exact) mass is 223 g/mol. The summed E-state index contributed by atoms with van der Waals surface area (Å²) < 4.78 is 0. The van der Waals surface area contributed by atoms with E-state index in [1.54, 1.807) is 0 Å². The third kappa shape index (κ3) is 7.70. The Hall–Kier alpha value is -0.560. The van der Waals surface area contributed by atoms with Gasteiger partial charge in [-0.3, -0.25) is 0 Å². The Morgan fingerprint density at radius 2 is 1.75 bits per heavy atom. The zero-order valence-electron chi connectivity index (χ0n) is 11.9. The summed E-state index contributed by atoms with van der Waals surface area (Å²) in [5.74, 6) is 1.39. The van der Waals surface area contributed by atoms with E-state index < -0.39 is 0 Å². The molecule has 1 unspecified atom stereocenters. The van der Waals surface area contributed by atoms with Gasteiger partial charge in [0.15, 0.2) is 0 Å². The number of rotatable bonds is 7. The maximum absolute atomic E-state index is 3.45. The first-order chi connectivity index (χ1) is 7.47. The van der Waals surface area contributed by atoms with Crippen LogP contribution in [0.2, 0.25) is 0 Å². The van der Waals surface area contributed by atoms with Crippen LogP contribution in [0.15, 0.2) is 23.8 Å². The topological polar surface area (TPSA) is 12.0 Å². The summed E-state index contributed by atoms with van der Waals surface area (Å²) in [5.41, 5.74) is 1.43. The lowest BCUT2D eigenvalue weighted by Crippen LogP contribution is -2.23. The molecule has 0 aromatic heterocycles. The Balaban J connectivity index is 4.02. The van der Waals surface area contributed by atoms with Crippen LogP contribution in [-0.2, 0) is 0 Å². The van der Waals surface area contributed by atoms with Gasteiger partial charge in [0.2, 0.25) is 0 Å². The van der Waals surface area contributed by atoms with E-state index in [0.29, 0.717) is 12.0 Å². The molecule has 0 aromatic carbocycles. The zero-order chi connectivity index (χ0) is 12.6. The minimum Gasteiger partial charge on any atom is -0.314 e. The van der Waals surface area contributed by atoms with Crippen LogP contribution in [0.25, 0.3) is 0 Å². The summed E-state index contributed by atoms with van der Waals surface area (Å²) in [5, 5.41) is 3.45. The van der Waals surface area contributed by atoms with Crippen molar-refractivity contribution in [2.75, 3.05) is 6.54 Å². The van der Waals surface area contributed by atoms with E-state index in [1.807, 2.05) is 0 Å². The summed E-state index contributed by atoms with van der Waals surface area (Å²) in [4.78, 5) is 0. The molecule has 0 saturated heterocycles. The second-order valence-electron chi connectivity index (χ2n) is 5.18. The van der Waals surface area contributed by atoms with E-state index in [0.717, 1.165) is 18.9 Å². The number of hydrogen-bond donors (Lipinski definition) is 1. The molecule has 0 saturated carbocycles. The van der Waals surface area contributed by atoms with Crippen LogP contribution in [-0.4, -0.2) is 12.6 Å². The molecule has 0 aromatic rings. The molecule has 0 fully saturated rings. The smallest absolute Gasteiger partial charge is 0.00105 e. The predicted octanol–water partition coefficient (Wildman–Crippen LogP) is 4.17. The van der Waals surface area contributed by atoms with Crippen molar-refractivity contribution in [1.29, 1.82) is 0 Å². The first-order valence-electron chi connectivity index (χ1n) is 6.54. The highest BCUT2D eigenvalue weighted by Crippen LogP contribution is 2.13. The highest BCUT2D eigenvalue weighted by molar-refractivity contribution is 5.18. The van der Waals surface area contributed by atoms with Gasteiger partial charge >= 0.3 is 0 Å². The van der Waals surface area contributed by atoms with Crippen LogP contribution < -0.4 is 5.32 Å². The Bertz CT molecular complexity index is 224. The van der Waals surface area contributed by atoms with Crippen molar-refractivity contribution in [2.45, 2.75) is 54.0 Å². The summed E-state index contributed by atoms with van der Waals surface area (Å²) in [7, 11) is 0. The highest BCUT2D eigenvalue weighted by atomic mass is 14.9. The average molecular weight is 223 g/mol. The van der Waals surface area contributed by atoms with Crippen LogP contribution in [0.4, 0.5) is 0 Å². The molecule has 16 heavy (non-hydrogen) atoms. The minimum absolute atomic E-state index is 0.580. The normalized spacial score (nSPS) is 15.4. The van der Waals surface area contributed by atoms with E-state index in [2.05, 4.69) is 65.1 Å². The van der Waals surface area contributed by atoms with Crippen molar-refractivity contribution >= 4 is 0 Å². The largest absolute Gasteiger partial charge is 0.314 e. The lowest BCUT2D eigenvalue weighted by atomic mass is 9.96. The second kappa shape index (κ2) is 8.58. The Kier molecular flexibility index (Phi) is 8.28. The molecule has 0 aliphatic carbocycles. The molecule has 0 heterocycles. The molecule has 0 bridgehead atoms. The summed E-state index contributed by atoms with van der Waals surface area (Å²) in [6.07, 6.45) is 7.95. The fourth-order valence-electron chi connectivity index (χ4n) is 1.33. The highest BCUT2D eigenvalue weighted by Gasteiger charge is 2.02. The van der Waals surface area contributed by atoms with Gasteiger partial charge in [-0.05, 0) is 31.7 Å². The molecule has 0 radical (unpaired) electrons. The SMILES string of the molecule is C/C=C(\C=C/C(C)C(C)C)CCNC(C)C. The molecule has 0 aliphatic rings. The van der Waals surface area contributed by atoms with Gasteiger partial charge in [-0.2, -0.15) is 0 Å². The standard InChI is InChI=1S/C15H29N/c1-7-15(10-11-16-13(4)5)9-8-14(6)12(2)3/h7-9,12-14,16H,10-11H2,1-6H3/b9-8-,15-7+. The van der Waals surface area contributed by atoms with Crippen molar-refractivity contribution in [3.05, 3.63) is 23.8 Å². The van der Waals surface area contributed by atoms with Gasteiger partial charge in [0, 0.05) is 6.04 Å². The number of hydrogen-bond acceptors (Lipinski definition) is 1. The number of allylic oxidation sites excluding steroid dienone is 3. The van der Waals surface area contributed by atoms with Gasteiger partial charge in [-0.1, -0.05) is 58.4 Å². The molecular formula is C15H29N. The molecule has 1 nitrogen and oxygen atoms in total. The molecule has 0 aliphatic heterocycles. The molecule has 1 heteroatoms. The van der Waals surface area contributed by atoms with Gasteiger partial charge in [0.1, 0.15) is 0 Å². The molecule has 0 amide bonds. The molecule has 0 rings (SSSR count). The van der Waals surface area contributed by atoms with Gasteiger partial charge < -0.3 is 5.32 Å². The lowest BCUT2D eigenvalue weighted by molar-refractivity contribution is 0.504. The van der Waals surface area contributed by atoms with Gasteiger partial charge in [0.05, 0.1) is 0 Å².